The molecule has 0 radical (unpaired) electrons. The topological polar surface area (TPSA) is 0 Å². The maximum atomic E-state index is 2.31. The first kappa shape index (κ1) is 18.2. The van der Waals surface area contributed by atoms with Crippen LogP contribution in [0.3, 0.4) is 0 Å². The summed E-state index contributed by atoms with van der Waals surface area (Å²) in [4.78, 5) is 0. The molecule has 0 fully saturated rings. The molecule has 0 heteroatoms. The average molecular weight is 294 g/mol. The van der Waals surface area contributed by atoms with Crippen LogP contribution in [0.5, 0.6) is 0 Å². The minimum Gasteiger partial charge on any atom is -0.0795 e. The summed E-state index contributed by atoms with van der Waals surface area (Å²) in [5.41, 5.74) is 4.09. The minimum atomic E-state index is 0.773. The van der Waals surface area contributed by atoms with Crippen molar-refractivity contribution in [2.24, 2.45) is 5.92 Å². The third kappa shape index (κ3) is 6.76. The van der Waals surface area contributed by atoms with Gasteiger partial charge in [0.25, 0.3) is 0 Å². The average Bonchev–Trinajstić information content (AvgIpc) is 2.59. The number of hydrogen-bond acceptors (Lipinski definition) is 0. The van der Waals surface area contributed by atoms with E-state index in [1.165, 1.54) is 29.5 Å². The molecule has 2 aromatic carbocycles. The molecule has 1 unspecified atom stereocenters. The molecule has 0 saturated carbocycles. The Morgan fingerprint density at radius 2 is 1.50 bits per heavy atom. The first-order valence-electron chi connectivity index (χ1n) is 8.57. The maximum Gasteiger partial charge on any atom is -0.00941 e. The predicted octanol–water partition coefficient (Wildman–Crippen LogP) is 6.56. The Bertz CT molecular complexity index is 520. The summed E-state index contributed by atoms with van der Waals surface area (Å²) in [6.07, 6.45) is 7.87. The van der Waals surface area contributed by atoms with Gasteiger partial charge in [-0.2, -0.15) is 0 Å². The highest BCUT2D eigenvalue weighted by atomic mass is 14.1. The van der Waals surface area contributed by atoms with Crippen molar-refractivity contribution in [3.63, 3.8) is 0 Å². The lowest BCUT2D eigenvalue weighted by molar-refractivity contribution is 0.560. The van der Waals surface area contributed by atoms with Crippen molar-refractivity contribution in [3.8, 4) is 0 Å². The molecule has 2 rings (SSSR count). The molecule has 0 aliphatic carbocycles. The van der Waals surface area contributed by atoms with Gasteiger partial charge in [0.15, 0.2) is 0 Å². The quantitative estimate of drug-likeness (QED) is 0.566. The predicted molar refractivity (Wildman–Crippen MR) is 100 cm³/mol. The van der Waals surface area contributed by atoms with E-state index in [1.807, 2.05) is 13.8 Å². The van der Waals surface area contributed by atoms with Crippen molar-refractivity contribution in [2.75, 3.05) is 0 Å². The van der Waals surface area contributed by atoms with E-state index in [2.05, 4.69) is 80.6 Å². The van der Waals surface area contributed by atoms with Crippen molar-refractivity contribution >= 4 is 6.08 Å². The van der Waals surface area contributed by atoms with Gasteiger partial charge >= 0.3 is 0 Å². The first-order chi connectivity index (χ1) is 10.8. The van der Waals surface area contributed by atoms with Crippen LogP contribution in [0.1, 0.15) is 50.8 Å². The van der Waals surface area contributed by atoms with E-state index in [-0.39, 0.29) is 0 Å². The molecular formula is C22H30. The Morgan fingerprint density at radius 1 is 0.864 bits per heavy atom. The zero-order chi connectivity index (χ0) is 16.2. The largest absolute Gasteiger partial charge is 0.0795 e. The van der Waals surface area contributed by atoms with Gasteiger partial charge in [0.1, 0.15) is 0 Å². The Kier molecular flexibility index (Phi) is 8.98. The Morgan fingerprint density at radius 3 is 2.09 bits per heavy atom. The fourth-order valence-corrected chi connectivity index (χ4v) is 2.26. The fraction of sp³-hybridized carbons (Fsp3) is 0.364. The lowest BCUT2D eigenvalue weighted by Crippen LogP contribution is -1.97. The highest BCUT2D eigenvalue weighted by molar-refractivity contribution is 5.50. The summed E-state index contributed by atoms with van der Waals surface area (Å²) in [5.74, 6) is 0.773. The molecule has 0 aliphatic heterocycles. The van der Waals surface area contributed by atoms with Crippen LogP contribution < -0.4 is 0 Å². The van der Waals surface area contributed by atoms with Crippen molar-refractivity contribution in [1.82, 2.24) is 0 Å². The summed E-state index contributed by atoms with van der Waals surface area (Å²) in [7, 11) is 0. The number of benzene rings is 2. The molecule has 118 valence electrons. The second-order valence-electron chi connectivity index (χ2n) is 5.55. The van der Waals surface area contributed by atoms with Gasteiger partial charge < -0.3 is 0 Å². The molecule has 0 saturated heterocycles. The highest BCUT2D eigenvalue weighted by Crippen LogP contribution is 2.13. The van der Waals surface area contributed by atoms with Gasteiger partial charge in [0, 0.05) is 0 Å². The van der Waals surface area contributed by atoms with Crippen LogP contribution in [0, 0.1) is 5.92 Å². The van der Waals surface area contributed by atoms with Gasteiger partial charge in [-0.1, -0.05) is 101 Å². The van der Waals surface area contributed by atoms with E-state index in [0.717, 1.165) is 12.3 Å². The molecule has 1 atom stereocenters. The highest BCUT2D eigenvalue weighted by Gasteiger charge is 2.00. The summed E-state index contributed by atoms with van der Waals surface area (Å²) in [6.45, 7) is 8.57. The molecule has 0 aromatic heterocycles. The van der Waals surface area contributed by atoms with E-state index >= 15 is 0 Å². The van der Waals surface area contributed by atoms with E-state index in [0.29, 0.717) is 0 Å². The third-order valence-electron chi connectivity index (χ3n) is 3.77. The number of allylic oxidation sites excluding steroid dienone is 1. The Hall–Kier alpha value is -1.82. The molecule has 0 amide bonds. The minimum absolute atomic E-state index is 0.773. The van der Waals surface area contributed by atoms with Crippen LogP contribution in [0.4, 0.5) is 0 Å². The summed E-state index contributed by atoms with van der Waals surface area (Å²) in [6, 6.07) is 19.5. The van der Waals surface area contributed by atoms with E-state index in [4.69, 9.17) is 0 Å². The normalized spacial score (nSPS) is 11.8. The lowest BCUT2D eigenvalue weighted by atomic mass is 9.98. The fourth-order valence-electron chi connectivity index (χ4n) is 2.26. The van der Waals surface area contributed by atoms with Crippen LogP contribution >= 0.6 is 0 Å². The Labute approximate surface area is 136 Å². The molecule has 22 heavy (non-hydrogen) atoms. The van der Waals surface area contributed by atoms with Gasteiger partial charge in [-0.25, -0.2) is 0 Å². The van der Waals surface area contributed by atoms with Crippen LogP contribution in [0.15, 0.2) is 60.7 Å². The molecule has 0 N–H and O–H groups in total. The zero-order valence-electron chi connectivity index (χ0n) is 14.5. The number of rotatable bonds is 6. The smallest absolute Gasteiger partial charge is 0.00941 e. The van der Waals surface area contributed by atoms with Crippen molar-refractivity contribution in [3.05, 3.63) is 77.4 Å². The van der Waals surface area contributed by atoms with Crippen molar-refractivity contribution < 1.29 is 0 Å². The first-order valence-corrected chi connectivity index (χ1v) is 8.57. The van der Waals surface area contributed by atoms with E-state index in [9.17, 15) is 0 Å². The van der Waals surface area contributed by atoms with Crippen LogP contribution in [0.2, 0.25) is 0 Å². The van der Waals surface area contributed by atoms with Crippen LogP contribution in [-0.4, -0.2) is 0 Å². The van der Waals surface area contributed by atoms with E-state index < -0.39 is 0 Å². The van der Waals surface area contributed by atoms with Crippen molar-refractivity contribution in [2.45, 2.75) is 47.0 Å². The second-order valence-corrected chi connectivity index (χ2v) is 5.55. The molecular weight excluding hydrogens is 264 g/mol. The van der Waals surface area contributed by atoms with Gasteiger partial charge in [-0.05, 0) is 35.4 Å². The monoisotopic (exact) mass is 294 g/mol. The summed E-state index contributed by atoms with van der Waals surface area (Å²) in [5, 5.41) is 0. The van der Waals surface area contributed by atoms with Gasteiger partial charge in [0.2, 0.25) is 0 Å². The van der Waals surface area contributed by atoms with Crippen LogP contribution in [-0.2, 0) is 12.8 Å². The molecule has 2 aromatic rings. The van der Waals surface area contributed by atoms with Gasteiger partial charge in [-0.3, -0.25) is 0 Å². The van der Waals surface area contributed by atoms with Gasteiger partial charge in [0.05, 0.1) is 0 Å². The third-order valence-corrected chi connectivity index (χ3v) is 3.77. The SMILES string of the molecule is CC.CCC(C)Cc1ccc(/C=C\Cc2ccccc2)cc1. The summed E-state index contributed by atoms with van der Waals surface area (Å²) >= 11 is 0. The molecule has 0 aliphatic rings. The van der Waals surface area contributed by atoms with E-state index in [1.54, 1.807) is 0 Å². The standard InChI is InChI=1S/C20H24.C2H6/c1-3-17(2)16-20-14-12-19(13-15-20)11-7-10-18-8-5-4-6-9-18;1-2/h4-9,11-15,17H,3,10,16H2,1-2H3;1-2H3/b11-7-;. The summed E-state index contributed by atoms with van der Waals surface area (Å²) < 4.78 is 0. The van der Waals surface area contributed by atoms with Gasteiger partial charge in [-0.15, -0.1) is 0 Å². The van der Waals surface area contributed by atoms with Crippen LogP contribution in [0.25, 0.3) is 6.08 Å². The zero-order valence-corrected chi connectivity index (χ0v) is 14.5. The van der Waals surface area contributed by atoms with Crippen molar-refractivity contribution in [1.29, 1.82) is 0 Å². The Balaban J connectivity index is 0.00000116. The molecule has 0 spiro atoms. The maximum absolute atomic E-state index is 2.31. The second kappa shape index (κ2) is 10.8. The number of hydrogen-bond donors (Lipinski definition) is 0. The molecule has 0 heterocycles. The molecule has 0 bridgehead atoms. The molecule has 0 nitrogen and oxygen atoms in total. The lowest BCUT2D eigenvalue weighted by Gasteiger charge is -2.08.